The molecule has 0 saturated heterocycles. The molecule has 0 radical (unpaired) electrons. The molecule has 18 heavy (non-hydrogen) atoms. The molecule has 2 rings (SSSR count). The predicted molar refractivity (Wildman–Crippen MR) is 63.5 cm³/mol. The van der Waals surface area contributed by atoms with E-state index in [4.69, 9.17) is 9.68 Å². The highest BCUT2D eigenvalue weighted by Crippen LogP contribution is 2.15. The van der Waals surface area contributed by atoms with Gasteiger partial charge in [-0.2, -0.15) is 5.26 Å². The Morgan fingerprint density at radius 2 is 2.28 bits per heavy atom. The van der Waals surface area contributed by atoms with E-state index in [9.17, 15) is 9.59 Å². The quantitative estimate of drug-likeness (QED) is 0.726. The van der Waals surface area contributed by atoms with E-state index >= 15 is 0 Å². The molecule has 1 aromatic heterocycles. The monoisotopic (exact) mass is 245 g/mol. The molecule has 0 saturated carbocycles. The van der Waals surface area contributed by atoms with Crippen LogP contribution in [0.4, 0.5) is 0 Å². The molecule has 2 aromatic rings. The van der Waals surface area contributed by atoms with Gasteiger partial charge in [0.05, 0.1) is 5.52 Å². The zero-order chi connectivity index (χ0) is 13.3. The molecular formula is C12H11N3O3. The lowest BCUT2D eigenvalue weighted by Gasteiger charge is -2.12. The van der Waals surface area contributed by atoms with E-state index < -0.39 is 11.7 Å². The number of fused-ring (bicyclic) bond motifs is 1. The minimum Gasteiger partial charge on any atom is -0.408 e. The second kappa shape index (κ2) is 4.37. The van der Waals surface area contributed by atoms with Crippen molar-refractivity contribution in [2.45, 2.75) is 6.54 Å². The number of aromatic nitrogens is 1. The molecule has 0 spiro atoms. The third-order valence-corrected chi connectivity index (χ3v) is 2.72. The van der Waals surface area contributed by atoms with Crippen LogP contribution in [0.2, 0.25) is 0 Å². The first-order valence-corrected chi connectivity index (χ1v) is 5.26. The second-order valence-electron chi connectivity index (χ2n) is 4.00. The van der Waals surface area contributed by atoms with Gasteiger partial charge in [0.1, 0.15) is 0 Å². The summed E-state index contributed by atoms with van der Waals surface area (Å²) >= 11 is 0. The number of rotatable bonds is 2. The highest BCUT2D eigenvalue weighted by Gasteiger charge is 2.10. The van der Waals surface area contributed by atoms with E-state index in [0.29, 0.717) is 17.6 Å². The summed E-state index contributed by atoms with van der Waals surface area (Å²) in [4.78, 5) is 23.8. The van der Waals surface area contributed by atoms with Gasteiger partial charge in [-0.15, -0.1) is 0 Å². The van der Waals surface area contributed by atoms with Gasteiger partial charge in [-0.25, -0.2) is 4.79 Å². The maximum atomic E-state index is 11.3. The van der Waals surface area contributed by atoms with Crippen LogP contribution < -0.4 is 5.76 Å². The second-order valence-corrected chi connectivity index (χ2v) is 4.00. The molecule has 1 amide bonds. The Morgan fingerprint density at radius 3 is 2.94 bits per heavy atom. The number of nitriles is 1. The molecular weight excluding hydrogens is 234 g/mol. The zero-order valence-corrected chi connectivity index (χ0v) is 10.0. The number of benzene rings is 1. The van der Waals surface area contributed by atoms with Crippen LogP contribution >= 0.6 is 0 Å². The van der Waals surface area contributed by atoms with Gasteiger partial charge in [0.2, 0.25) is 0 Å². The molecule has 0 aliphatic carbocycles. The fourth-order valence-electron chi connectivity index (χ4n) is 1.70. The van der Waals surface area contributed by atoms with Crippen LogP contribution in [0.1, 0.15) is 5.56 Å². The van der Waals surface area contributed by atoms with Crippen molar-refractivity contribution in [3.63, 3.8) is 0 Å². The summed E-state index contributed by atoms with van der Waals surface area (Å²) in [6, 6.07) is 6.75. The van der Waals surface area contributed by atoms with Gasteiger partial charge in [0.25, 0.3) is 0 Å². The van der Waals surface area contributed by atoms with Crippen LogP contribution in [-0.4, -0.2) is 22.4 Å². The number of hydrogen-bond acceptors (Lipinski definition) is 4. The van der Waals surface area contributed by atoms with Gasteiger partial charge in [-0.1, -0.05) is 6.07 Å². The normalized spacial score (nSPS) is 10.3. The molecule has 0 atom stereocenters. The van der Waals surface area contributed by atoms with E-state index in [-0.39, 0.29) is 0 Å². The number of nitrogens with zero attached hydrogens (tertiary/aromatic N) is 3. The largest absolute Gasteiger partial charge is 0.419 e. The smallest absolute Gasteiger partial charge is 0.408 e. The minimum atomic E-state index is -0.601. The first-order chi connectivity index (χ1) is 8.52. The SMILES string of the molecule is CN(Cc1ccc2oc(=O)n(C)c2c1)C(=O)C#N. The fourth-order valence-corrected chi connectivity index (χ4v) is 1.70. The Bertz CT molecular complexity index is 705. The van der Waals surface area contributed by atoms with Crippen LogP contribution in [-0.2, 0) is 18.4 Å². The molecule has 1 aromatic carbocycles. The lowest BCUT2D eigenvalue weighted by molar-refractivity contribution is -0.124. The predicted octanol–water partition coefficient (Wildman–Crippen LogP) is 0.613. The molecule has 1 heterocycles. The molecule has 6 heteroatoms. The Hall–Kier alpha value is -2.55. The molecule has 0 bridgehead atoms. The van der Waals surface area contributed by atoms with Gasteiger partial charge < -0.3 is 9.32 Å². The van der Waals surface area contributed by atoms with E-state index in [0.717, 1.165) is 5.56 Å². The highest BCUT2D eigenvalue weighted by molar-refractivity contribution is 5.91. The Labute approximate surface area is 103 Å². The van der Waals surface area contributed by atoms with Crippen molar-refractivity contribution in [1.82, 2.24) is 9.47 Å². The topological polar surface area (TPSA) is 79.2 Å². The number of carbonyl (C=O) groups is 1. The summed E-state index contributed by atoms with van der Waals surface area (Å²) in [5, 5.41) is 8.50. The first-order valence-electron chi connectivity index (χ1n) is 5.26. The van der Waals surface area contributed by atoms with Crippen LogP contribution in [0, 0.1) is 11.3 Å². The van der Waals surface area contributed by atoms with E-state index in [1.165, 1.54) is 9.47 Å². The number of carbonyl (C=O) groups excluding carboxylic acids is 1. The molecule has 0 fully saturated rings. The van der Waals surface area contributed by atoms with Gasteiger partial charge in [0, 0.05) is 20.6 Å². The Morgan fingerprint density at radius 1 is 1.56 bits per heavy atom. The van der Waals surface area contributed by atoms with Crippen LogP contribution in [0.5, 0.6) is 0 Å². The average Bonchev–Trinajstić information content (AvgIpc) is 2.64. The maximum absolute atomic E-state index is 11.3. The lowest BCUT2D eigenvalue weighted by Crippen LogP contribution is -2.24. The van der Waals surface area contributed by atoms with Crippen LogP contribution in [0.3, 0.4) is 0 Å². The molecule has 0 aliphatic rings. The number of hydrogen-bond donors (Lipinski definition) is 0. The summed E-state index contributed by atoms with van der Waals surface area (Å²) in [5.41, 5.74) is 1.99. The average molecular weight is 245 g/mol. The third-order valence-electron chi connectivity index (χ3n) is 2.72. The van der Waals surface area contributed by atoms with Crippen LogP contribution in [0.25, 0.3) is 11.1 Å². The van der Waals surface area contributed by atoms with Crippen molar-refractivity contribution < 1.29 is 9.21 Å². The van der Waals surface area contributed by atoms with E-state index in [1.54, 1.807) is 38.4 Å². The number of aryl methyl sites for hydroxylation is 1. The Balaban J connectivity index is 2.36. The zero-order valence-electron chi connectivity index (χ0n) is 10.0. The van der Waals surface area contributed by atoms with Crippen molar-refractivity contribution >= 4 is 17.0 Å². The van der Waals surface area contributed by atoms with Gasteiger partial charge >= 0.3 is 11.7 Å². The summed E-state index contributed by atoms with van der Waals surface area (Å²) in [5.74, 6) is -1.03. The van der Waals surface area contributed by atoms with Crippen molar-refractivity contribution in [1.29, 1.82) is 5.26 Å². The summed E-state index contributed by atoms with van der Waals surface area (Å²) in [7, 11) is 3.16. The molecule has 0 unspecified atom stereocenters. The molecule has 0 N–H and O–H groups in total. The number of oxazole rings is 1. The first kappa shape index (κ1) is 11.9. The van der Waals surface area contributed by atoms with Gasteiger partial charge in [-0.3, -0.25) is 9.36 Å². The lowest BCUT2D eigenvalue weighted by atomic mass is 10.2. The van der Waals surface area contributed by atoms with Gasteiger partial charge in [-0.05, 0) is 17.7 Å². The maximum Gasteiger partial charge on any atom is 0.419 e. The molecule has 0 aliphatic heterocycles. The van der Waals surface area contributed by atoms with Crippen LogP contribution in [0.15, 0.2) is 27.4 Å². The number of amides is 1. The van der Waals surface area contributed by atoms with E-state index in [1.807, 2.05) is 0 Å². The van der Waals surface area contributed by atoms with Gasteiger partial charge in [0.15, 0.2) is 11.7 Å². The van der Waals surface area contributed by atoms with E-state index in [2.05, 4.69) is 0 Å². The minimum absolute atomic E-state index is 0.307. The van der Waals surface area contributed by atoms with Crippen molar-refractivity contribution in [3.8, 4) is 6.07 Å². The Kier molecular flexibility index (Phi) is 2.90. The standard InChI is InChI=1S/C12H11N3O3/c1-14(11(16)6-13)7-8-3-4-10-9(5-8)15(2)12(17)18-10/h3-5H,7H2,1-2H3. The summed E-state index contributed by atoms with van der Waals surface area (Å²) in [6.45, 7) is 0.307. The highest BCUT2D eigenvalue weighted by atomic mass is 16.4. The van der Waals surface area contributed by atoms with Crippen molar-refractivity contribution in [2.24, 2.45) is 7.05 Å². The molecule has 6 nitrogen and oxygen atoms in total. The van der Waals surface area contributed by atoms with Crippen molar-refractivity contribution in [2.75, 3.05) is 7.05 Å². The summed E-state index contributed by atoms with van der Waals surface area (Å²) in [6.07, 6.45) is 0. The third kappa shape index (κ3) is 1.98. The fraction of sp³-hybridized carbons (Fsp3) is 0.250. The summed E-state index contributed by atoms with van der Waals surface area (Å²) < 4.78 is 6.40. The van der Waals surface area contributed by atoms with Crippen molar-refractivity contribution in [3.05, 3.63) is 34.3 Å². The molecule has 92 valence electrons.